The summed E-state index contributed by atoms with van der Waals surface area (Å²) in [6, 6.07) is 22.5. The highest BCUT2D eigenvalue weighted by Crippen LogP contribution is 2.42. The molecule has 2 aliphatic rings. The molecule has 2 saturated heterocycles. The molecular formula is C39H49N3O8. The number of anilines is 1. The van der Waals surface area contributed by atoms with Gasteiger partial charge in [0, 0.05) is 30.1 Å². The fraction of sp³-hybridized carbons (Fsp3) is 0.462. The van der Waals surface area contributed by atoms with Crippen molar-refractivity contribution in [3.8, 4) is 0 Å². The number of rotatable bonds is 11. The second-order valence-corrected chi connectivity index (χ2v) is 14.0. The van der Waals surface area contributed by atoms with E-state index in [-0.39, 0.29) is 43.2 Å². The Bertz CT molecular complexity index is 1590. The molecule has 268 valence electrons. The fourth-order valence-corrected chi connectivity index (χ4v) is 6.51. The number of aliphatic hydroxyl groups is 1. The number of esters is 2. The number of aliphatic hydroxyl groups excluding tert-OH is 1. The van der Waals surface area contributed by atoms with Crippen molar-refractivity contribution < 1.29 is 38.4 Å². The van der Waals surface area contributed by atoms with Crippen LogP contribution in [0.5, 0.6) is 0 Å². The number of nitrogens with one attached hydrogen (secondary N) is 2. The van der Waals surface area contributed by atoms with Crippen molar-refractivity contribution in [3.63, 3.8) is 0 Å². The number of ether oxygens (including phenoxy) is 4. The van der Waals surface area contributed by atoms with E-state index in [4.69, 9.17) is 18.9 Å². The average Bonchev–Trinajstić information content (AvgIpc) is 3.57. The zero-order valence-electron chi connectivity index (χ0n) is 29.5. The van der Waals surface area contributed by atoms with Gasteiger partial charge in [0.15, 0.2) is 6.29 Å². The summed E-state index contributed by atoms with van der Waals surface area (Å²) in [6.45, 7) is 8.91. The summed E-state index contributed by atoms with van der Waals surface area (Å²) in [7, 11) is 1.29. The molecule has 0 aliphatic carbocycles. The van der Waals surface area contributed by atoms with Crippen LogP contribution in [0.15, 0.2) is 78.9 Å². The number of hydrogen-bond donors (Lipinski definition) is 3. The first-order valence-electron chi connectivity index (χ1n) is 17.2. The van der Waals surface area contributed by atoms with E-state index in [1.807, 2.05) is 81.4 Å². The van der Waals surface area contributed by atoms with E-state index >= 15 is 0 Å². The fourth-order valence-electron chi connectivity index (χ4n) is 6.51. The number of nitrogens with zero attached hydrogens (tertiary/aromatic N) is 1. The molecule has 5 rings (SSSR count). The van der Waals surface area contributed by atoms with Gasteiger partial charge in [0.25, 0.3) is 0 Å². The van der Waals surface area contributed by atoms with Crippen LogP contribution in [0.3, 0.4) is 0 Å². The van der Waals surface area contributed by atoms with Crippen molar-refractivity contribution in [1.29, 1.82) is 0 Å². The maximum atomic E-state index is 13.1. The zero-order valence-corrected chi connectivity index (χ0v) is 29.5. The lowest BCUT2D eigenvalue weighted by Crippen LogP contribution is -2.48. The minimum atomic E-state index is -0.883. The van der Waals surface area contributed by atoms with Crippen LogP contribution < -0.4 is 10.6 Å². The number of carbonyl (C=O) groups is 3. The first-order valence-corrected chi connectivity index (χ1v) is 17.2. The molecule has 0 unspecified atom stereocenters. The minimum Gasteiger partial charge on any atom is -0.467 e. The van der Waals surface area contributed by atoms with Crippen molar-refractivity contribution in [2.45, 2.75) is 89.7 Å². The molecule has 11 nitrogen and oxygen atoms in total. The monoisotopic (exact) mass is 687 g/mol. The lowest BCUT2D eigenvalue weighted by molar-refractivity contribution is -0.276. The van der Waals surface area contributed by atoms with Gasteiger partial charge in [0.2, 0.25) is 0 Å². The second-order valence-electron chi connectivity index (χ2n) is 14.0. The van der Waals surface area contributed by atoms with Crippen molar-refractivity contribution in [2.75, 3.05) is 25.5 Å². The number of urea groups is 1. The van der Waals surface area contributed by atoms with Gasteiger partial charge in [-0.1, -0.05) is 73.7 Å². The van der Waals surface area contributed by atoms with Crippen LogP contribution in [0.4, 0.5) is 10.5 Å². The molecule has 3 aromatic rings. The largest absolute Gasteiger partial charge is 0.467 e. The number of carbonyl (C=O) groups excluding carboxylic acids is 3. The molecule has 0 bridgehead atoms. The number of amides is 2. The van der Waals surface area contributed by atoms with Crippen LogP contribution in [-0.2, 0) is 41.6 Å². The zero-order chi connectivity index (χ0) is 35.8. The number of likely N-dealkylation sites (tertiary alicyclic amines) is 1. The smallest absolute Gasteiger partial charge is 0.328 e. The Balaban J connectivity index is 1.34. The molecule has 0 spiro atoms. The first kappa shape index (κ1) is 37.0. The van der Waals surface area contributed by atoms with E-state index < -0.39 is 29.9 Å². The molecule has 0 saturated carbocycles. The van der Waals surface area contributed by atoms with Crippen LogP contribution in [0.1, 0.15) is 75.2 Å². The second kappa shape index (κ2) is 16.6. The topological polar surface area (TPSA) is 136 Å². The van der Waals surface area contributed by atoms with Gasteiger partial charge < -0.3 is 34.7 Å². The van der Waals surface area contributed by atoms with E-state index in [0.29, 0.717) is 17.8 Å². The van der Waals surface area contributed by atoms with Gasteiger partial charge >= 0.3 is 18.0 Å². The number of benzene rings is 3. The third kappa shape index (κ3) is 9.69. The highest BCUT2D eigenvalue weighted by atomic mass is 16.7. The number of methoxy groups -OCH3 is 1. The van der Waals surface area contributed by atoms with Gasteiger partial charge in [-0.3, -0.25) is 9.69 Å². The summed E-state index contributed by atoms with van der Waals surface area (Å²) in [5, 5.41) is 15.2. The summed E-state index contributed by atoms with van der Waals surface area (Å²) in [4.78, 5) is 40.9. The summed E-state index contributed by atoms with van der Waals surface area (Å²) >= 11 is 0. The lowest BCUT2D eigenvalue weighted by atomic mass is 9.90. The molecule has 2 aliphatic heterocycles. The summed E-state index contributed by atoms with van der Waals surface area (Å²) < 4.78 is 24.0. The Morgan fingerprint density at radius 2 is 1.70 bits per heavy atom. The summed E-state index contributed by atoms with van der Waals surface area (Å²) in [5.74, 6) is -0.859. The molecule has 2 amide bonds. The molecule has 3 aromatic carbocycles. The molecule has 50 heavy (non-hydrogen) atoms. The molecule has 11 heteroatoms. The van der Waals surface area contributed by atoms with E-state index in [0.717, 1.165) is 36.1 Å². The minimum absolute atomic E-state index is 0.0588. The van der Waals surface area contributed by atoms with Crippen molar-refractivity contribution >= 4 is 23.7 Å². The molecule has 3 N–H and O–H groups in total. The summed E-state index contributed by atoms with van der Waals surface area (Å²) in [6.07, 6.45) is 0.434. The van der Waals surface area contributed by atoms with E-state index in [1.165, 1.54) is 7.11 Å². The van der Waals surface area contributed by atoms with Gasteiger partial charge in [-0.25, -0.2) is 9.59 Å². The SMILES string of the molecule is COC(=O)[C@H](Cc1ccccc1)NC(=O)Nc1cccc([C@H]2O[C@@H](CN3CCC[C@H]3C(=O)OC(C)(C)C)[C@@H](C)[C@@H](c3ccc(CO)cc3)O2)c1. The maximum absolute atomic E-state index is 13.1. The van der Waals surface area contributed by atoms with Crippen molar-refractivity contribution in [1.82, 2.24) is 10.2 Å². The van der Waals surface area contributed by atoms with Crippen molar-refractivity contribution in [2.24, 2.45) is 5.92 Å². The Morgan fingerprint density at radius 3 is 2.38 bits per heavy atom. The van der Waals surface area contributed by atoms with Crippen LogP contribution in [0.25, 0.3) is 0 Å². The highest BCUT2D eigenvalue weighted by Gasteiger charge is 2.42. The molecule has 0 radical (unpaired) electrons. The lowest BCUT2D eigenvalue weighted by Gasteiger charge is -2.43. The standard InChI is InChI=1S/C39H49N3O8/c1-25-33(23-42-20-10-15-32(42)36(45)50-39(2,3)4)48-37(49-34(25)28-18-16-27(24-43)17-19-28)29-13-9-14-30(22-29)40-38(46)41-31(35(44)47-5)21-26-11-7-6-8-12-26/h6-9,11-14,16-19,22,25,31-34,37,43H,10,15,20-21,23-24H2,1-5H3,(H2,40,41,46)/t25-,31+,32+,33+,34+,37+/m1/s1. The quantitative estimate of drug-likeness (QED) is 0.218. The Labute approximate surface area is 294 Å². The predicted molar refractivity (Wildman–Crippen MR) is 188 cm³/mol. The van der Waals surface area contributed by atoms with Crippen LogP contribution in [0.2, 0.25) is 0 Å². The predicted octanol–water partition coefficient (Wildman–Crippen LogP) is 5.68. The third-order valence-electron chi connectivity index (χ3n) is 9.07. The van der Waals surface area contributed by atoms with Gasteiger partial charge in [0.05, 0.1) is 25.9 Å². The van der Waals surface area contributed by atoms with Crippen LogP contribution in [-0.4, -0.2) is 72.0 Å². The van der Waals surface area contributed by atoms with E-state index in [1.54, 1.807) is 18.2 Å². The molecular weight excluding hydrogens is 638 g/mol. The van der Waals surface area contributed by atoms with Gasteiger partial charge in [-0.2, -0.15) is 0 Å². The van der Waals surface area contributed by atoms with E-state index in [9.17, 15) is 19.5 Å². The molecule has 2 fully saturated rings. The number of hydrogen-bond acceptors (Lipinski definition) is 9. The van der Waals surface area contributed by atoms with E-state index in [2.05, 4.69) is 22.5 Å². The molecule has 6 atom stereocenters. The Kier molecular flexibility index (Phi) is 12.3. The summed E-state index contributed by atoms with van der Waals surface area (Å²) in [5.41, 5.74) is 3.22. The Morgan fingerprint density at radius 1 is 0.960 bits per heavy atom. The normalized spacial score (nSPS) is 23.1. The Hall–Kier alpha value is -4.29. The van der Waals surface area contributed by atoms with Crippen LogP contribution in [0, 0.1) is 5.92 Å². The first-order chi connectivity index (χ1) is 23.9. The molecule has 2 heterocycles. The third-order valence-corrected chi connectivity index (χ3v) is 9.07. The van der Waals surface area contributed by atoms with Crippen molar-refractivity contribution in [3.05, 3.63) is 101 Å². The average molecular weight is 688 g/mol. The molecule has 0 aromatic heterocycles. The van der Waals surface area contributed by atoms with Gasteiger partial charge in [-0.15, -0.1) is 0 Å². The van der Waals surface area contributed by atoms with Gasteiger partial charge in [0.1, 0.15) is 17.7 Å². The highest BCUT2D eigenvalue weighted by molar-refractivity contribution is 5.92. The van der Waals surface area contributed by atoms with Crippen LogP contribution >= 0.6 is 0 Å². The maximum Gasteiger partial charge on any atom is 0.328 e. The van der Waals surface area contributed by atoms with Gasteiger partial charge in [-0.05, 0) is 69.0 Å².